The number of thioether (sulfide) groups is 1. The predicted molar refractivity (Wildman–Crippen MR) is 134 cm³/mol. The van der Waals surface area contributed by atoms with Gasteiger partial charge < -0.3 is 4.74 Å². The zero-order chi connectivity index (χ0) is 24.2. The molecule has 10 heteroatoms. The Morgan fingerprint density at radius 3 is 2.59 bits per heavy atom. The van der Waals surface area contributed by atoms with Crippen LogP contribution in [0.5, 0.6) is 5.75 Å². The van der Waals surface area contributed by atoms with Crippen molar-refractivity contribution >= 4 is 57.6 Å². The summed E-state index contributed by atoms with van der Waals surface area (Å²) in [5, 5.41) is 11.3. The lowest BCUT2D eigenvalue weighted by molar-refractivity contribution is -0.384. The van der Waals surface area contributed by atoms with E-state index in [2.05, 4.69) is 0 Å². The van der Waals surface area contributed by atoms with Crippen LogP contribution >= 0.6 is 35.6 Å². The Morgan fingerprint density at radius 2 is 1.88 bits per heavy atom. The Kier molecular flexibility index (Phi) is 7.26. The van der Waals surface area contributed by atoms with Gasteiger partial charge in [-0.25, -0.2) is 4.39 Å². The average Bonchev–Trinajstić information content (AvgIpc) is 3.07. The second-order valence-electron chi connectivity index (χ2n) is 7.30. The number of amides is 1. The minimum absolute atomic E-state index is 0.0145. The summed E-state index contributed by atoms with van der Waals surface area (Å²) in [5.41, 5.74) is 2.08. The van der Waals surface area contributed by atoms with Crippen molar-refractivity contribution in [2.75, 3.05) is 0 Å². The van der Waals surface area contributed by atoms with E-state index in [0.717, 1.165) is 5.56 Å². The monoisotopic (exact) mass is 514 g/mol. The van der Waals surface area contributed by atoms with Crippen molar-refractivity contribution in [3.8, 4) is 5.75 Å². The second kappa shape index (κ2) is 10.3. The minimum atomic E-state index is -0.465. The number of carbonyl (C=O) groups excluding carboxylic acids is 1. The molecule has 3 aromatic rings. The first-order valence-corrected chi connectivity index (χ1v) is 11.6. The number of nitrogens with zero attached hydrogens (tertiary/aromatic N) is 2. The topological polar surface area (TPSA) is 72.7 Å². The third-order valence-corrected chi connectivity index (χ3v) is 6.57. The van der Waals surface area contributed by atoms with Crippen molar-refractivity contribution in [3.05, 3.63) is 109 Å². The minimum Gasteiger partial charge on any atom is -0.487 e. The molecule has 0 bridgehead atoms. The molecule has 1 fully saturated rings. The number of hydrogen-bond acceptors (Lipinski definition) is 6. The van der Waals surface area contributed by atoms with Gasteiger partial charge >= 0.3 is 0 Å². The number of benzene rings is 3. The molecule has 172 valence electrons. The number of halogens is 2. The maximum Gasteiger partial charge on any atom is 0.269 e. The number of carbonyl (C=O) groups is 1. The molecule has 1 aliphatic rings. The first-order chi connectivity index (χ1) is 16.3. The summed E-state index contributed by atoms with van der Waals surface area (Å²) in [6.07, 6.45) is 1.69. The Hall–Kier alpha value is -3.27. The molecule has 6 nitrogen and oxygen atoms in total. The van der Waals surface area contributed by atoms with E-state index in [-0.39, 0.29) is 30.6 Å². The van der Waals surface area contributed by atoms with E-state index in [4.69, 9.17) is 28.6 Å². The lowest BCUT2D eigenvalue weighted by atomic mass is 10.2. The highest BCUT2D eigenvalue weighted by molar-refractivity contribution is 8.26. The fraction of sp³-hybridized carbons (Fsp3) is 0.0833. The van der Waals surface area contributed by atoms with E-state index in [1.807, 2.05) is 0 Å². The number of non-ortho nitro benzene ring substituents is 1. The molecular formula is C24H16ClFN2O4S2. The second-order valence-corrected chi connectivity index (χ2v) is 9.38. The zero-order valence-corrected chi connectivity index (χ0v) is 19.8. The molecule has 0 aliphatic carbocycles. The van der Waals surface area contributed by atoms with E-state index in [0.29, 0.717) is 31.1 Å². The highest BCUT2D eigenvalue weighted by Crippen LogP contribution is 2.35. The Morgan fingerprint density at radius 1 is 1.12 bits per heavy atom. The fourth-order valence-corrected chi connectivity index (χ4v) is 4.70. The molecule has 0 aromatic heterocycles. The Balaban J connectivity index is 1.44. The van der Waals surface area contributed by atoms with Gasteiger partial charge in [0.25, 0.3) is 11.6 Å². The van der Waals surface area contributed by atoms with Gasteiger partial charge in [-0.1, -0.05) is 65.9 Å². The molecule has 0 radical (unpaired) electrons. The van der Waals surface area contributed by atoms with E-state index in [1.165, 1.54) is 40.9 Å². The van der Waals surface area contributed by atoms with Crippen molar-refractivity contribution in [1.29, 1.82) is 0 Å². The van der Waals surface area contributed by atoms with Gasteiger partial charge in [-0.05, 0) is 47.0 Å². The van der Waals surface area contributed by atoms with Gasteiger partial charge in [-0.15, -0.1) is 0 Å². The number of thiocarbonyl (C=S) groups is 1. The number of nitro benzene ring substituents is 1. The third-order valence-electron chi connectivity index (χ3n) is 4.90. The van der Waals surface area contributed by atoms with Crippen molar-refractivity contribution in [2.24, 2.45) is 0 Å². The standard InChI is InChI=1S/C24H16ClFN2O4S2/c25-20-11-16(6-9-21(20)32-14-17-2-1-3-19(10-17)28(30)31)12-22-23(29)27(24(33)34-22)13-15-4-7-18(26)8-5-15/h1-12H,13-14H2/b22-12-. The molecule has 0 N–H and O–H groups in total. The summed E-state index contributed by atoms with van der Waals surface area (Å²) >= 11 is 12.9. The first-order valence-electron chi connectivity index (χ1n) is 9.95. The number of rotatable bonds is 7. The van der Waals surface area contributed by atoms with Crippen LogP contribution < -0.4 is 4.74 Å². The predicted octanol–water partition coefficient (Wildman–Crippen LogP) is 6.37. The van der Waals surface area contributed by atoms with Crippen LogP contribution in [0.3, 0.4) is 0 Å². The van der Waals surface area contributed by atoms with Crippen LogP contribution in [0.2, 0.25) is 5.02 Å². The largest absolute Gasteiger partial charge is 0.487 e. The van der Waals surface area contributed by atoms with E-state index >= 15 is 0 Å². The normalized spacial score (nSPS) is 14.6. The fourth-order valence-electron chi connectivity index (χ4n) is 3.20. The lowest BCUT2D eigenvalue weighted by Gasteiger charge is -2.14. The van der Waals surface area contributed by atoms with Gasteiger partial charge in [0.05, 0.1) is 21.4 Å². The number of nitro groups is 1. The smallest absolute Gasteiger partial charge is 0.269 e. The van der Waals surface area contributed by atoms with E-state index in [1.54, 1.807) is 48.5 Å². The van der Waals surface area contributed by atoms with Crippen LogP contribution in [-0.2, 0) is 17.9 Å². The van der Waals surface area contributed by atoms with Crippen molar-refractivity contribution in [2.45, 2.75) is 13.2 Å². The summed E-state index contributed by atoms with van der Waals surface area (Å²) in [6, 6.07) is 17.2. The molecule has 1 amide bonds. The first kappa shape index (κ1) is 23.9. The van der Waals surface area contributed by atoms with Crippen molar-refractivity contribution in [3.63, 3.8) is 0 Å². The van der Waals surface area contributed by atoms with Crippen LogP contribution in [0.1, 0.15) is 16.7 Å². The molecule has 4 rings (SSSR count). The number of hydrogen-bond donors (Lipinski definition) is 0. The van der Waals surface area contributed by atoms with Gasteiger partial charge in [0.1, 0.15) is 22.5 Å². The average molecular weight is 515 g/mol. The van der Waals surface area contributed by atoms with E-state index in [9.17, 15) is 19.3 Å². The third kappa shape index (κ3) is 5.61. The summed E-state index contributed by atoms with van der Waals surface area (Å²) in [5.74, 6) is -0.168. The van der Waals surface area contributed by atoms with Gasteiger partial charge in [-0.2, -0.15) is 0 Å². The van der Waals surface area contributed by atoms with Crippen molar-refractivity contribution in [1.82, 2.24) is 4.90 Å². The number of ether oxygens (including phenoxy) is 1. The van der Waals surface area contributed by atoms with Crippen LogP contribution in [0.4, 0.5) is 10.1 Å². The van der Waals surface area contributed by atoms with Gasteiger partial charge in [0.2, 0.25) is 0 Å². The summed E-state index contributed by atoms with van der Waals surface area (Å²) < 4.78 is 19.3. The summed E-state index contributed by atoms with van der Waals surface area (Å²) in [6.45, 7) is 0.371. The quantitative estimate of drug-likeness (QED) is 0.158. The summed E-state index contributed by atoms with van der Waals surface area (Å²) in [7, 11) is 0. The van der Waals surface area contributed by atoms with Gasteiger partial charge in [0, 0.05) is 12.1 Å². The van der Waals surface area contributed by atoms with Gasteiger partial charge in [0.15, 0.2) is 0 Å². The zero-order valence-electron chi connectivity index (χ0n) is 17.4. The molecule has 1 saturated heterocycles. The molecule has 1 heterocycles. The maximum absolute atomic E-state index is 13.1. The van der Waals surface area contributed by atoms with Crippen LogP contribution in [0, 0.1) is 15.9 Å². The van der Waals surface area contributed by atoms with Crippen LogP contribution in [0.25, 0.3) is 6.08 Å². The van der Waals surface area contributed by atoms with Crippen molar-refractivity contribution < 1.29 is 18.8 Å². The SMILES string of the molecule is O=C1/C(=C/c2ccc(OCc3cccc([N+](=O)[O-])c3)c(Cl)c2)SC(=S)N1Cc1ccc(F)cc1. The van der Waals surface area contributed by atoms with E-state index < -0.39 is 4.92 Å². The molecule has 34 heavy (non-hydrogen) atoms. The lowest BCUT2D eigenvalue weighted by Crippen LogP contribution is -2.27. The Bertz CT molecular complexity index is 1310. The molecule has 3 aromatic carbocycles. The molecular weight excluding hydrogens is 499 g/mol. The molecule has 0 spiro atoms. The van der Waals surface area contributed by atoms with Crippen LogP contribution in [-0.4, -0.2) is 20.1 Å². The maximum atomic E-state index is 13.1. The van der Waals surface area contributed by atoms with Crippen LogP contribution in [0.15, 0.2) is 71.6 Å². The highest BCUT2D eigenvalue weighted by atomic mass is 35.5. The summed E-state index contributed by atoms with van der Waals surface area (Å²) in [4.78, 5) is 25.2. The molecule has 0 unspecified atom stereocenters. The van der Waals surface area contributed by atoms with Gasteiger partial charge in [-0.3, -0.25) is 19.8 Å². The molecule has 1 aliphatic heterocycles. The Labute approximate surface area is 209 Å². The molecule has 0 atom stereocenters. The molecule has 0 saturated carbocycles. The highest BCUT2D eigenvalue weighted by Gasteiger charge is 2.32.